The van der Waals surface area contributed by atoms with Crippen LogP contribution in [0, 0.1) is 0 Å². The summed E-state index contributed by atoms with van der Waals surface area (Å²) in [6, 6.07) is 16.9. The van der Waals surface area contributed by atoms with Gasteiger partial charge in [-0.25, -0.2) is 0 Å². The van der Waals surface area contributed by atoms with Gasteiger partial charge in [-0.1, -0.05) is 34.1 Å². The molecule has 0 amide bonds. The number of fused-ring (bicyclic) bond motifs is 7. The second-order valence-corrected chi connectivity index (χ2v) is 8.13. The van der Waals surface area contributed by atoms with Gasteiger partial charge in [-0.3, -0.25) is 0 Å². The van der Waals surface area contributed by atoms with Gasteiger partial charge >= 0.3 is 0 Å². The number of hydrogen-bond acceptors (Lipinski definition) is 2. The van der Waals surface area contributed by atoms with Gasteiger partial charge in [0.1, 0.15) is 11.2 Å². The van der Waals surface area contributed by atoms with Gasteiger partial charge in [0.05, 0.1) is 4.47 Å². The molecule has 0 atom stereocenters. The number of para-hydroxylation sites is 1. The van der Waals surface area contributed by atoms with E-state index in [4.69, 9.17) is 4.42 Å². The van der Waals surface area contributed by atoms with Crippen LogP contribution in [-0.2, 0) is 0 Å². The van der Waals surface area contributed by atoms with Crippen LogP contribution in [0.15, 0.2) is 61.9 Å². The second-order valence-electron chi connectivity index (χ2n) is 5.28. The molecule has 3 aromatic carbocycles. The van der Waals surface area contributed by atoms with E-state index in [-0.39, 0.29) is 0 Å². The molecular formula is C18H8Br2OS. The summed E-state index contributed by atoms with van der Waals surface area (Å²) >= 11 is 9.08. The van der Waals surface area contributed by atoms with Crippen LogP contribution in [0.3, 0.4) is 0 Å². The normalized spacial score (nSPS) is 12.1. The van der Waals surface area contributed by atoms with Crippen LogP contribution >= 0.6 is 43.2 Å². The number of hydrogen-bond donors (Lipinski definition) is 0. The van der Waals surface area contributed by atoms with Gasteiger partial charge in [0, 0.05) is 35.4 Å². The predicted octanol–water partition coefficient (Wildman–Crippen LogP) is 7.48. The van der Waals surface area contributed by atoms with Crippen LogP contribution in [0.4, 0.5) is 0 Å². The molecule has 0 aliphatic rings. The molecule has 4 heteroatoms. The smallest absolute Gasteiger partial charge is 0.150 e. The molecule has 0 aliphatic heterocycles. The number of halogens is 2. The first kappa shape index (κ1) is 13.1. The Hall–Kier alpha value is -1.36. The second kappa shape index (κ2) is 4.57. The Morgan fingerprint density at radius 3 is 2.59 bits per heavy atom. The summed E-state index contributed by atoms with van der Waals surface area (Å²) in [5.41, 5.74) is 1.86. The lowest BCUT2D eigenvalue weighted by molar-refractivity contribution is 0.667. The summed E-state index contributed by atoms with van der Waals surface area (Å²) in [5.74, 6) is 0. The maximum atomic E-state index is 6.09. The molecule has 106 valence electrons. The van der Waals surface area contributed by atoms with E-state index in [1.807, 2.05) is 23.5 Å². The molecule has 1 nitrogen and oxygen atoms in total. The molecule has 0 fully saturated rings. The molecular weight excluding hydrogens is 424 g/mol. The van der Waals surface area contributed by atoms with Crippen molar-refractivity contribution in [3.05, 3.63) is 57.5 Å². The van der Waals surface area contributed by atoms with E-state index in [2.05, 4.69) is 68.3 Å². The highest BCUT2D eigenvalue weighted by atomic mass is 79.9. The first-order valence-electron chi connectivity index (χ1n) is 6.84. The zero-order valence-electron chi connectivity index (χ0n) is 11.2. The highest BCUT2D eigenvalue weighted by Gasteiger charge is 2.17. The maximum Gasteiger partial charge on any atom is 0.150 e. The lowest BCUT2D eigenvalue weighted by atomic mass is 10.1. The molecule has 0 saturated heterocycles. The van der Waals surface area contributed by atoms with Gasteiger partial charge < -0.3 is 4.42 Å². The minimum Gasteiger partial charge on any atom is -0.455 e. The van der Waals surface area contributed by atoms with E-state index < -0.39 is 0 Å². The minimum absolute atomic E-state index is 0.924. The number of thiophene rings is 1. The topological polar surface area (TPSA) is 13.1 Å². The number of rotatable bonds is 0. The molecule has 2 aromatic heterocycles. The van der Waals surface area contributed by atoms with Gasteiger partial charge in [0.2, 0.25) is 0 Å². The van der Waals surface area contributed by atoms with Gasteiger partial charge in [-0.2, -0.15) is 0 Å². The Morgan fingerprint density at radius 1 is 0.818 bits per heavy atom. The lowest BCUT2D eigenvalue weighted by Gasteiger charge is -1.98. The molecule has 2 heterocycles. The standard InChI is InChI=1S/C18H8Br2OS/c19-9-5-6-14-11(7-9)16-15(22-14)8-12(20)18-17(16)10-3-1-2-4-13(10)21-18/h1-8H. The Balaban J connectivity index is 2.18. The van der Waals surface area contributed by atoms with Crippen molar-refractivity contribution in [1.29, 1.82) is 0 Å². The highest BCUT2D eigenvalue weighted by molar-refractivity contribution is 9.11. The van der Waals surface area contributed by atoms with E-state index in [0.29, 0.717) is 0 Å². The minimum atomic E-state index is 0.924. The van der Waals surface area contributed by atoms with Crippen LogP contribution in [0.5, 0.6) is 0 Å². The van der Waals surface area contributed by atoms with Gasteiger partial charge in [0.15, 0.2) is 0 Å². The fraction of sp³-hybridized carbons (Fsp3) is 0. The molecule has 0 spiro atoms. The third kappa shape index (κ3) is 1.69. The van der Waals surface area contributed by atoms with Crippen molar-refractivity contribution in [2.24, 2.45) is 0 Å². The Morgan fingerprint density at radius 2 is 1.68 bits per heavy atom. The van der Waals surface area contributed by atoms with Crippen molar-refractivity contribution in [2.45, 2.75) is 0 Å². The molecule has 0 N–H and O–H groups in total. The van der Waals surface area contributed by atoms with Crippen molar-refractivity contribution in [3.8, 4) is 0 Å². The number of furan rings is 1. The monoisotopic (exact) mass is 430 g/mol. The largest absolute Gasteiger partial charge is 0.455 e. The first-order valence-corrected chi connectivity index (χ1v) is 9.24. The SMILES string of the molecule is Brc1ccc2sc3cc(Br)c4oc5ccccc5c4c3c2c1. The lowest BCUT2D eigenvalue weighted by Crippen LogP contribution is -1.73. The van der Waals surface area contributed by atoms with E-state index in [9.17, 15) is 0 Å². The van der Waals surface area contributed by atoms with E-state index >= 15 is 0 Å². The van der Waals surface area contributed by atoms with Crippen LogP contribution < -0.4 is 0 Å². The molecule has 5 aromatic rings. The molecule has 0 unspecified atom stereocenters. The average Bonchev–Trinajstić information content (AvgIpc) is 3.05. The van der Waals surface area contributed by atoms with Crippen LogP contribution in [-0.4, -0.2) is 0 Å². The van der Waals surface area contributed by atoms with Crippen LogP contribution in [0.25, 0.3) is 42.1 Å². The highest BCUT2D eigenvalue weighted by Crippen LogP contribution is 2.45. The molecule has 0 saturated carbocycles. The van der Waals surface area contributed by atoms with E-state index in [1.165, 1.54) is 30.9 Å². The summed E-state index contributed by atoms with van der Waals surface area (Å²) < 4.78 is 10.8. The molecule has 0 aliphatic carbocycles. The maximum absolute atomic E-state index is 6.09. The van der Waals surface area contributed by atoms with Crippen molar-refractivity contribution >= 4 is 85.3 Å². The fourth-order valence-electron chi connectivity index (χ4n) is 3.09. The van der Waals surface area contributed by atoms with Crippen LogP contribution in [0.2, 0.25) is 0 Å². The molecule has 22 heavy (non-hydrogen) atoms. The quantitative estimate of drug-likeness (QED) is 0.247. The number of benzene rings is 3. The average molecular weight is 432 g/mol. The summed E-state index contributed by atoms with van der Waals surface area (Å²) in [7, 11) is 0. The summed E-state index contributed by atoms with van der Waals surface area (Å²) in [6.45, 7) is 0. The van der Waals surface area contributed by atoms with Crippen molar-refractivity contribution in [1.82, 2.24) is 0 Å². The van der Waals surface area contributed by atoms with E-state index in [0.717, 1.165) is 20.1 Å². The summed E-state index contributed by atoms with van der Waals surface area (Å²) in [5, 5.41) is 4.93. The zero-order chi connectivity index (χ0) is 14.8. The third-order valence-electron chi connectivity index (χ3n) is 4.00. The summed E-state index contributed by atoms with van der Waals surface area (Å²) in [6.07, 6.45) is 0. The van der Waals surface area contributed by atoms with Gasteiger partial charge in [-0.05, 0) is 46.3 Å². The molecule has 0 radical (unpaired) electrons. The summed E-state index contributed by atoms with van der Waals surface area (Å²) in [4.78, 5) is 0. The van der Waals surface area contributed by atoms with Crippen LogP contribution in [0.1, 0.15) is 0 Å². The van der Waals surface area contributed by atoms with E-state index in [1.54, 1.807) is 0 Å². The van der Waals surface area contributed by atoms with Crippen molar-refractivity contribution in [2.75, 3.05) is 0 Å². The van der Waals surface area contributed by atoms with Crippen molar-refractivity contribution < 1.29 is 4.42 Å². The molecule has 0 bridgehead atoms. The Kier molecular flexibility index (Phi) is 2.72. The van der Waals surface area contributed by atoms with Gasteiger partial charge in [-0.15, -0.1) is 11.3 Å². The Bertz CT molecular complexity index is 1200. The fourth-order valence-corrected chi connectivity index (χ4v) is 5.25. The Labute approximate surface area is 146 Å². The van der Waals surface area contributed by atoms with Crippen molar-refractivity contribution in [3.63, 3.8) is 0 Å². The van der Waals surface area contributed by atoms with Gasteiger partial charge in [0.25, 0.3) is 0 Å². The first-order chi connectivity index (χ1) is 10.7. The predicted molar refractivity (Wildman–Crippen MR) is 102 cm³/mol. The third-order valence-corrected chi connectivity index (χ3v) is 6.20. The molecule has 5 rings (SSSR count). The zero-order valence-corrected chi connectivity index (χ0v) is 15.2.